The van der Waals surface area contributed by atoms with Gasteiger partial charge in [-0.25, -0.2) is 4.98 Å². The van der Waals surface area contributed by atoms with Crippen LogP contribution in [0, 0.1) is 0 Å². The Balaban J connectivity index is 1.84. The molecule has 0 radical (unpaired) electrons. The minimum Gasteiger partial charge on any atom is -0.299 e. The van der Waals surface area contributed by atoms with Crippen LogP contribution in [0.1, 0.15) is 37.1 Å². The van der Waals surface area contributed by atoms with Crippen molar-refractivity contribution in [2.24, 2.45) is 0 Å². The standard InChI is InChI=1S/C12H15NOS/c14-11(9-12-13-6-7-15-12)8-10-4-2-1-3-5-10/h4,6-7H,1-3,5,8-9H2. The van der Waals surface area contributed by atoms with Crippen molar-refractivity contribution in [3.05, 3.63) is 28.2 Å². The summed E-state index contributed by atoms with van der Waals surface area (Å²) in [6.07, 6.45) is 9.94. The molecule has 1 aromatic rings. The zero-order chi connectivity index (χ0) is 10.5. The number of nitrogens with zero attached hydrogens (tertiary/aromatic N) is 1. The fourth-order valence-corrected chi connectivity index (χ4v) is 2.53. The molecule has 0 unspecified atom stereocenters. The minimum atomic E-state index is 0.304. The van der Waals surface area contributed by atoms with Crippen molar-refractivity contribution < 1.29 is 4.79 Å². The van der Waals surface area contributed by atoms with E-state index in [1.54, 1.807) is 17.5 Å². The van der Waals surface area contributed by atoms with Crippen LogP contribution >= 0.6 is 11.3 Å². The fraction of sp³-hybridized carbons (Fsp3) is 0.500. The molecule has 0 fully saturated rings. The Hall–Kier alpha value is -0.960. The summed E-state index contributed by atoms with van der Waals surface area (Å²) in [5, 5.41) is 2.86. The second kappa shape index (κ2) is 5.21. The Morgan fingerprint density at radius 3 is 3.00 bits per heavy atom. The van der Waals surface area contributed by atoms with Crippen molar-refractivity contribution in [3.8, 4) is 0 Å². The molecule has 1 aliphatic carbocycles. The van der Waals surface area contributed by atoms with Crippen LogP contribution in [0.4, 0.5) is 0 Å². The van der Waals surface area contributed by atoms with Gasteiger partial charge in [-0.15, -0.1) is 11.3 Å². The molecule has 0 bridgehead atoms. The van der Waals surface area contributed by atoms with E-state index in [4.69, 9.17) is 0 Å². The molecule has 0 aliphatic heterocycles. The van der Waals surface area contributed by atoms with Gasteiger partial charge in [0.25, 0.3) is 0 Å². The van der Waals surface area contributed by atoms with E-state index in [2.05, 4.69) is 11.1 Å². The van der Waals surface area contributed by atoms with Crippen molar-refractivity contribution in [1.82, 2.24) is 4.98 Å². The van der Waals surface area contributed by atoms with Gasteiger partial charge in [0.2, 0.25) is 0 Å². The molecule has 15 heavy (non-hydrogen) atoms. The lowest BCUT2D eigenvalue weighted by molar-refractivity contribution is -0.117. The lowest BCUT2D eigenvalue weighted by Gasteiger charge is -2.11. The van der Waals surface area contributed by atoms with Crippen LogP contribution in [0.2, 0.25) is 0 Å². The molecule has 0 spiro atoms. The van der Waals surface area contributed by atoms with Gasteiger partial charge in [-0.3, -0.25) is 4.79 Å². The maximum absolute atomic E-state index is 11.7. The smallest absolute Gasteiger partial charge is 0.143 e. The summed E-state index contributed by atoms with van der Waals surface area (Å²) >= 11 is 1.56. The minimum absolute atomic E-state index is 0.304. The molecule has 1 heterocycles. The third-order valence-electron chi connectivity index (χ3n) is 2.64. The van der Waals surface area contributed by atoms with Crippen LogP contribution in [0.5, 0.6) is 0 Å². The van der Waals surface area contributed by atoms with E-state index in [-0.39, 0.29) is 0 Å². The first-order valence-electron chi connectivity index (χ1n) is 5.42. The average molecular weight is 221 g/mol. The summed E-state index contributed by atoms with van der Waals surface area (Å²) in [6, 6.07) is 0. The highest BCUT2D eigenvalue weighted by molar-refractivity contribution is 7.09. The van der Waals surface area contributed by atoms with Gasteiger partial charge in [0.1, 0.15) is 5.78 Å². The Morgan fingerprint density at radius 1 is 1.40 bits per heavy atom. The third kappa shape index (κ3) is 3.27. The monoisotopic (exact) mass is 221 g/mol. The van der Waals surface area contributed by atoms with E-state index in [0.717, 1.165) is 17.8 Å². The maximum atomic E-state index is 11.7. The van der Waals surface area contributed by atoms with E-state index >= 15 is 0 Å². The van der Waals surface area contributed by atoms with Crippen molar-refractivity contribution in [2.75, 3.05) is 0 Å². The fourth-order valence-electron chi connectivity index (χ4n) is 1.89. The molecule has 1 aromatic heterocycles. The van der Waals surface area contributed by atoms with Crippen LogP contribution in [0.3, 0.4) is 0 Å². The summed E-state index contributed by atoms with van der Waals surface area (Å²) in [6.45, 7) is 0. The molecule has 2 nitrogen and oxygen atoms in total. The molecular formula is C12H15NOS. The van der Waals surface area contributed by atoms with Gasteiger partial charge in [-0.2, -0.15) is 0 Å². The van der Waals surface area contributed by atoms with E-state index in [9.17, 15) is 4.79 Å². The summed E-state index contributed by atoms with van der Waals surface area (Å²) in [5.74, 6) is 0.304. The van der Waals surface area contributed by atoms with Crippen molar-refractivity contribution >= 4 is 17.1 Å². The third-order valence-corrected chi connectivity index (χ3v) is 3.42. The molecule has 0 amide bonds. The Labute approximate surface area is 94.0 Å². The highest BCUT2D eigenvalue weighted by Crippen LogP contribution is 2.21. The van der Waals surface area contributed by atoms with Crippen LogP contribution in [-0.2, 0) is 11.2 Å². The molecule has 1 aliphatic rings. The van der Waals surface area contributed by atoms with Gasteiger partial charge in [-0.1, -0.05) is 11.6 Å². The SMILES string of the molecule is O=C(CC1=CCCCC1)Cc1nccs1. The van der Waals surface area contributed by atoms with Crippen LogP contribution in [0.15, 0.2) is 23.2 Å². The lowest BCUT2D eigenvalue weighted by atomic mass is 9.95. The number of aromatic nitrogens is 1. The van der Waals surface area contributed by atoms with E-state index in [1.165, 1.54) is 18.4 Å². The molecule has 80 valence electrons. The first kappa shape index (κ1) is 10.6. The molecule has 0 saturated heterocycles. The molecule has 3 heteroatoms. The van der Waals surface area contributed by atoms with Crippen molar-refractivity contribution in [2.45, 2.75) is 38.5 Å². The molecule has 2 rings (SSSR count). The second-order valence-corrected chi connectivity index (χ2v) is 4.91. The van der Waals surface area contributed by atoms with Gasteiger partial charge < -0.3 is 0 Å². The molecule has 0 N–H and O–H groups in total. The van der Waals surface area contributed by atoms with Crippen molar-refractivity contribution in [1.29, 1.82) is 0 Å². The lowest BCUT2D eigenvalue weighted by Crippen LogP contribution is -2.05. The number of thiazole rings is 1. The zero-order valence-corrected chi connectivity index (χ0v) is 9.55. The predicted octanol–water partition coefficient (Wildman–Crippen LogP) is 3.15. The van der Waals surface area contributed by atoms with E-state index in [1.807, 2.05) is 5.38 Å². The van der Waals surface area contributed by atoms with E-state index in [0.29, 0.717) is 18.6 Å². The Morgan fingerprint density at radius 2 is 2.33 bits per heavy atom. The number of ketones is 1. The summed E-state index contributed by atoms with van der Waals surface area (Å²) < 4.78 is 0. The quantitative estimate of drug-likeness (QED) is 0.731. The number of allylic oxidation sites excluding steroid dienone is 2. The normalized spacial score (nSPS) is 16.1. The molecular weight excluding hydrogens is 206 g/mol. The Kier molecular flexibility index (Phi) is 3.67. The predicted molar refractivity (Wildman–Crippen MR) is 62.0 cm³/mol. The molecule has 0 aromatic carbocycles. The number of carbonyl (C=O) groups is 1. The Bertz CT molecular complexity index is 354. The first-order chi connectivity index (χ1) is 7.34. The summed E-state index contributed by atoms with van der Waals surface area (Å²) in [5.41, 5.74) is 1.34. The molecule has 0 saturated carbocycles. The van der Waals surface area contributed by atoms with Crippen molar-refractivity contribution in [3.63, 3.8) is 0 Å². The largest absolute Gasteiger partial charge is 0.299 e. The van der Waals surface area contributed by atoms with Crippen LogP contribution < -0.4 is 0 Å². The van der Waals surface area contributed by atoms with E-state index < -0.39 is 0 Å². The van der Waals surface area contributed by atoms with Gasteiger partial charge in [0, 0.05) is 18.0 Å². The zero-order valence-electron chi connectivity index (χ0n) is 8.74. The second-order valence-electron chi connectivity index (χ2n) is 3.93. The van der Waals surface area contributed by atoms with Gasteiger partial charge in [-0.05, 0) is 25.7 Å². The average Bonchev–Trinajstić information content (AvgIpc) is 2.71. The van der Waals surface area contributed by atoms with Gasteiger partial charge in [0.15, 0.2) is 0 Å². The number of hydrogen-bond donors (Lipinski definition) is 0. The number of Topliss-reactive ketones (excluding diaryl/α,β-unsaturated/α-hetero) is 1. The molecule has 0 atom stereocenters. The van der Waals surface area contributed by atoms with Gasteiger partial charge >= 0.3 is 0 Å². The van der Waals surface area contributed by atoms with Crippen LogP contribution in [0.25, 0.3) is 0 Å². The maximum Gasteiger partial charge on any atom is 0.143 e. The number of rotatable bonds is 4. The highest BCUT2D eigenvalue weighted by Gasteiger charge is 2.10. The summed E-state index contributed by atoms with van der Waals surface area (Å²) in [4.78, 5) is 15.8. The highest BCUT2D eigenvalue weighted by atomic mass is 32.1. The number of hydrogen-bond acceptors (Lipinski definition) is 3. The number of carbonyl (C=O) groups excluding carboxylic acids is 1. The first-order valence-corrected chi connectivity index (χ1v) is 6.30. The van der Waals surface area contributed by atoms with Gasteiger partial charge in [0.05, 0.1) is 11.4 Å². The summed E-state index contributed by atoms with van der Waals surface area (Å²) in [7, 11) is 0. The topological polar surface area (TPSA) is 30.0 Å². The van der Waals surface area contributed by atoms with Crippen LogP contribution in [-0.4, -0.2) is 10.8 Å².